The molecule has 0 fully saturated rings. The molecule has 0 aliphatic rings. The summed E-state index contributed by atoms with van der Waals surface area (Å²) in [4.78, 5) is 9.79. The fraction of sp³-hybridized carbons (Fsp3) is 0.161. The van der Waals surface area contributed by atoms with E-state index < -0.39 is 0 Å². The third-order valence-corrected chi connectivity index (χ3v) is 5.90. The number of fused-ring (bicyclic) bond motifs is 2. The zero-order valence-electron chi connectivity index (χ0n) is 24.4. The summed E-state index contributed by atoms with van der Waals surface area (Å²) in [6, 6.07) is 23.6. The average molecular weight is 874 g/mol. The Balaban J connectivity index is -0.000000451. The van der Waals surface area contributed by atoms with Gasteiger partial charge < -0.3 is 28.5 Å². The number of benzene rings is 3. The standard InChI is InChI=1S/2C9H8N.C7H8IN.C3H5N3.C2H.CH4.3Rb/c2*1-7-2-3-9-8(6-7)4-5-10-9;1-5-2-3-7(9)6(8)4-5;1-6-3-4-2-5-6;1-2;;;;/h2-3,5-6,10H,1H3;2-4,6,10H,1H3;2-4H,9H2,1H3;2-3H,1H3;1H;1H4;;;/q2*-1;;;-1;;3*+1. The van der Waals surface area contributed by atoms with Crippen LogP contribution < -0.4 is 180 Å². The normalized spacial score (nSPS) is 8.56. The summed E-state index contributed by atoms with van der Waals surface area (Å²) in [5.74, 6) is 0. The van der Waals surface area contributed by atoms with Crippen molar-refractivity contribution in [2.24, 2.45) is 7.05 Å². The van der Waals surface area contributed by atoms with Crippen LogP contribution >= 0.6 is 22.6 Å². The number of nitrogens with two attached hydrogens (primary N) is 1. The molecule has 3 heterocycles. The number of hydrogen-bond donors (Lipinski definition) is 3. The molecule has 0 saturated heterocycles. The number of H-pyrrole nitrogens is 2. The molecule has 0 amide bonds. The van der Waals surface area contributed by atoms with Gasteiger partial charge in [-0.15, -0.1) is 29.4 Å². The second kappa shape index (κ2) is 26.6. The Morgan fingerprint density at radius 3 is 2.02 bits per heavy atom. The largest absolute Gasteiger partial charge is 1.00 e. The van der Waals surface area contributed by atoms with Gasteiger partial charge in [0.2, 0.25) is 0 Å². The number of rotatable bonds is 0. The summed E-state index contributed by atoms with van der Waals surface area (Å²) >= 11 is 2.22. The van der Waals surface area contributed by atoms with Crippen LogP contribution in [0.1, 0.15) is 24.1 Å². The van der Waals surface area contributed by atoms with Crippen LogP contribution in [0.15, 0.2) is 79.5 Å². The maximum absolute atomic E-state index is 5.58. The number of aromatic nitrogens is 5. The van der Waals surface area contributed by atoms with E-state index in [0.29, 0.717) is 0 Å². The Labute approximate surface area is 405 Å². The Bertz CT molecular complexity index is 1450. The quantitative estimate of drug-likeness (QED) is 0.0746. The molecule has 6 rings (SSSR count). The molecule has 6 aromatic rings. The van der Waals surface area contributed by atoms with Crippen molar-refractivity contribution in [1.29, 1.82) is 0 Å². The SMILES string of the molecule is C.Cc1ccc(N)c(I)c1.Cc1ccc2[nH][c-]cc2c1.Cc1ccc2[nH]c[c-]c2c1.Cn1cncn1.[C-]#C.[Rb+].[Rb+].[Rb+]. The summed E-state index contributed by atoms with van der Waals surface area (Å²) in [6.45, 7) is 6.23. The molecule has 0 radical (unpaired) electrons. The van der Waals surface area contributed by atoms with Gasteiger partial charge in [0, 0.05) is 16.3 Å². The molecule has 0 aliphatic heterocycles. The first-order valence-corrected chi connectivity index (χ1v) is 12.4. The minimum absolute atomic E-state index is 0. The summed E-state index contributed by atoms with van der Waals surface area (Å²) in [7, 11) is 1.83. The van der Waals surface area contributed by atoms with Crippen LogP contribution in [-0.4, -0.2) is 24.7 Å². The molecule has 3 aromatic heterocycles. The third kappa shape index (κ3) is 18.2. The number of anilines is 1. The van der Waals surface area contributed by atoms with Gasteiger partial charge in [-0.3, -0.25) is 4.68 Å². The van der Waals surface area contributed by atoms with Crippen molar-refractivity contribution < 1.29 is 175 Å². The molecule has 0 saturated carbocycles. The average Bonchev–Trinajstić information content (AvgIpc) is 3.66. The molecule has 10 heteroatoms. The van der Waals surface area contributed by atoms with Gasteiger partial charge in [-0.1, -0.05) is 55.9 Å². The Hall–Kier alpha value is 1.39. The van der Waals surface area contributed by atoms with Gasteiger partial charge in [0.25, 0.3) is 0 Å². The van der Waals surface area contributed by atoms with E-state index in [4.69, 9.17) is 12.2 Å². The fourth-order valence-corrected chi connectivity index (χ4v) is 3.77. The molecule has 41 heavy (non-hydrogen) atoms. The van der Waals surface area contributed by atoms with E-state index in [1.165, 1.54) is 33.8 Å². The Morgan fingerprint density at radius 2 is 1.49 bits per heavy atom. The molecule has 0 unspecified atom stereocenters. The number of hydrogen-bond acceptors (Lipinski definition) is 3. The van der Waals surface area contributed by atoms with Crippen LogP contribution in [0.4, 0.5) is 5.69 Å². The van der Waals surface area contributed by atoms with Gasteiger partial charge in [0.15, 0.2) is 0 Å². The van der Waals surface area contributed by atoms with E-state index >= 15 is 0 Å². The van der Waals surface area contributed by atoms with Crippen LogP contribution in [0.25, 0.3) is 21.8 Å². The van der Waals surface area contributed by atoms with Crippen LogP contribution in [0, 0.1) is 49.5 Å². The van der Waals surface area contributed by atoms with E-state index in [-0.39, 0.29) is 182 Å². The number of halogens is 1. The minimum Gasteiger partial charge on any atom is -0.697 e. The summed E-state index contributed by atoms with van der Waals surface area (Å²) in [6.07, 6.45) is 16.9. The van der Waals surface area contributed by atoms with Crippen molar-refractivity contribution in [3.8, 4) is 6.42 Å². The van der Waals surface area contributed by atoms with Gasteiger partial charge in [-0.2, -0.15) is 34.1 Å². The van der Waals surface area contributed by atoms with E-state index in [2.05, 4.69) is 125 Å². The molecule has 3 aromatic carbocycles. The minimum atomic E-state index is 0. The molecule has 0 spiro atoms. The monoisotopic (exact) mass is 872 g/mol. The van der Waals surface area contributed by atoms with Crippen molar-refractivity contribution in [3.63, 3.8) is 0 Å². The fourth-order valence-electron chi connectivity index (χ4n) is 3.10. The number of terminal acetylenes is 1. The van der Waals surface area contributed by atoms with E-state index in [1.54, 1.807) is 11.0 Å². The first-order valence-electron chi connectivity index (χ1n) is 11.3. The molecule has 0 aliphatic carbocycles. The number of aromatic amines is 2. The van der Waals surface area contributed by atoms with Gasteiger partial charge in [-0.25, -0.2) is 4.98 Å². The van der Waals surface area contributed by atoms with Crippen molar-refractivity contribution in [2.75, 3.05) is 5.73 Å². The Kier molecular flexibility index (Phi) is 30.3. The molecular weight excluding hydrogens is 840 g/mol. The van der Waals surface area contributed by atoms with Gasteiger partial charge >= 0.3 is 175 Å². The number of nitrogens with one attached hydrogen (secondary N) is 2. The van der Waals surface area contributed by atoms with Crippen molar-refractivity contribution in [3.05, 3.63) is 118 Å². The van der Waals surface area contributed by atoms with Gasteiger partial charge in [-0.05, 0) is 54.1 Å². The van der Waals surface area contributed by atoms with E-state index in [0.717, 1.165) is 20.3 Å². The topological polar surface area (TPSA) is 88.3 Å². The summed E-state index contributed by atoms with van der Waals surface area (Å²) in [5.41, 5.74) is 12.6. The van der Waals surface area contributed by atoms with Gasteiger partial charge in [0.1, 0.15) is 12.7 Å². The molecule has 198 valence electrons. The zero-order valence-corrected chi connectivity index (χ0v) is 41.3. The maximum Gasteiger partial charge on any atom is 1.00 e. The first-order chi connectivity index (χ1) is 17.8. The smallest absolute Gasteiger partial charge is 0.697 e. The van der Waals surface area contributed by atoms with E-state index in [1.807, 2.05) is 31.4 Å². The number of nitrogen functional groups attached to an aromatic ring is 1. The maximum atomic E-state index is 5.58. The van der Waals surface area contributed by atoms with Crippen molar-refractivity contribution in [2.45, 2.75) is 28.2 Å². The molecule has 4 N–H and O–H groups in total. The van der Waals surface area contributed by atoms with Crippen LogP contribution in [0.2, 0.25) is 0 Å². The van der Waals surface area contributed by atoms with E-state index in [9.17, 15) is 0 Å². The Morgan fingerprint density at radius 1 is 0.902 bits per heavy atom. The number of aryl methyl sites for hydroxylation is 4. The number of nitrogens with zero attached hydrogens (tertiary/aromatic N) is 3. The van der Waals surface area contributed by atoms with Crippen molar-refractivity contribution >= 4 is 50.1 Å². The summed E-state index contributed by atoms with van der Waals surface area (Å²) < 4.78 is 2.77. The third-order valence-electron chi connectivity index (χ3n) is 4.96. The molecule has 6 nitrogen and oxygen atoms in total. The second-order valence-electron chi connectivity index (χ2n) is 8.08. The second-order valence-corrected chi connectivity index (χ2v) is 9.24. The summed E-state index contributed by atoms with van der Waals surface area (Å²) in [5, 5.41) is 6.12. The predicted molar refractivity (Wildman–Crippen MR) is 168 cm³/mol. The molecule has 0 atom stereocenters. The van der Waals surface area contributed by atoms with Crippen molar-refractivity contribution in [1.82, 2.24) is 24.7 Å². The van der Waals surface area contributed by atoms with Crippen LogP contribution in [-0.2, 0) is 7.05 Å². The van der Waals surface area contributed by atoms with Gasteiger partial charge in [0.05, 0.1) is 0 Å². The molecule has 0 bridgehead atoms. The first kappa shape index (κ1) is 46.8. The zero-order chi connectivity index (χ0) is 27.2. The molecular formula is C31H34IN6Rb3. The van der Waals surface area contributed by atoms with Crippen LogP contribution in [0.3, 0.4) is 0 Å². The predicted octanol–water partition coefficient (Wildman–Crippen LogP) is -1.60. The van der Waals surface area contributed by atoms with Crippen LogP contribution in [0.5, 0.6) is 0 Å².